The zero-order chi connectivity index (χ0) is 19.4. The number of amides is 2. The van der Waals surface area contributed by atoms with E-state index in [0.717, 1.165) is 5.56 Å². The van der Waals surface area contributed by atoms with Crippen molar-refractivity contribution in [3.8, 4) is 5.75 Å². The molecule has 0 spiro atoms. The van der Waals surface area contributed by atoms with E-state index in [4.69, 9.17) is 9.47 Å². The van der Waals surface area contributed by atoms with E-state index in [9.17, 15) is 9.59 Å². The molecule has 0 saturated heterocycles. The number of benzene rings is 2. The summed E-state index contributed by atoms with van der Waals surface area (Å²) in [6.45, 7) is 5.75. The third-order valence-corrected chi connectivity index (χ3v) is 4.14. The zero-order valence-corrected chi connectivity index (χ0v) is 15.8. The molecule has 2 aromatic rings. The van der Waals surface area contributed by atoms with Crippen LogP contribution in [-0.2, 0) is 4.74 Å². The molecule has 2 aromatic carbocycles. The third kappa shape index (κ3) is 4.58. The van der Waals surface area contributed by atoms with Gasteiger partial charge in [-0.15, -0.1) is 0 Å². The first-order valence-electron chi connectivity index (χ1n) is 8.90. The lowest BCUT2D eigenvalue weighted by molar-refractivity contribution is 0.0329. The highest BCUT2D eigenvalue weighted by Crippen LogP contribution is 2.30. The topological polar surface area (TPSA) is 67.9 Å². The number of carbonyl (C=O) groups excluding carboxylic acids is 2. The predicted octanol–water partition coefficient (Wildman–Crippen LogP) is 3.74. The Balaban J connectivity index is 1.81. The van der Waals surface area contributed by atoms with Crippen LogP contribution >= 0.6 is 0 Å². The Morgan fingerprint density at radius 1 is 1.15 bits per heavy atom. The van der Waals surface area contributed by atoms with E-state index in [1.165, 1.54) is 0 Å². The first-order valence-corrected chi connectivity index (χ1v) is 8.90. The quantitative estimate of drug-likeness (QED) is 0.893. The molecule has 1 N–H and O–H groups in total. The molecule has 3 rings (SSSR count). The van der Waals surface area contributed by atoms with Gasteiger partial charge in [0.05, 0.1) is 11.6 Å². The van der Waals surface area contributed by atoms with Crippen molar-refractivity contribution in [3.05, 3.63) is 65.7 Å². The minimum absolute atomic E-state index is 0.116. The van der Waals surface area contributed by atoms with E-state index in [-0.39, 0.29) is 25.2 Å². The van der Waals surface area contributed by atoms with Crippen molar-refractivity contribution >= 4 is 12.0 Å². The molecule has 0 radical (unpaired) electrons. The Bertz CT molecular complexity index is 814. The summed E-state index contributed by atoms with van der Waals surface area (Å²) in [4.78, 5) is 26.7. The van der Waals surface area contributed by atoms with Gasteiger partial charge in [0, 0.05) is 6.54 Å². The Kier molecular flexibility index (Phi) is 5.35. The fraction of sp³-hybridized carbons (Fsp3) is 0.333. The summed E-state index contributed by atoms with van der Waals surface area (Å²) < 4.78 is 11.1. The first-order chi connectivity index (χ1) is 12.8. The van der Waals surface area contributed by atoms with Crippen LogP contribution in [0.5, 0.6) is 5.75 Å². The summed E-state index contributed by atoms with van der Waals surface area (Å²) in [5.74, 6) is 0.447. The zero-order valence-electron chi connectivity index (χ0n) is 15.8. The highest BCUT2D eigenvalue weighted by atomic mass is 16.6. The minimum Gasteiger partial charge on any atom is -0.472 e. The van der Waals surface area contributed by atoms with Gasteiger partial charge < -0.3 is 14.8 Å². The molecule has 0 aromatic heterocycles. The number of hydrogen-bond donors (Lipinski definition) is 1. The molecule has 0 fully saturated rings. The molecule has 6 nitrogen and oxygen atoms in total. The number of ether oxygens (including phenoxy) is 2. The Hall–Kier alpha value is -3.02. The highest BCUT2D eigenvalue weighted by Gasteiger charge is 2.32. The molecule has 0 bridgehead atoms. The fourth-order valence-electron chi connectivity index (χ4n) is 2.93. The normalized spacial score (nSPS) is 14.8. The summed E-state index contributed by atoms with van der Waals surface area (Å²) in [7, 11) is 0. The Morgan fingerprint density at radius 2 is 1.81 bits per heavy atom. The van der Waals surface area contributed by atoms with E-state index in [0.29, 0.717) is 11.3 Å². The average Bonchev–Trinajstić information content (AvgIpc) is 2.63. The number of hydrogen-bond acceptors (Lipinski definition) is 4. The molecular formula is C21H24N2O4. The largest absolute Gasteiger partial charge is 0.472 e. The lowest BCUT2D eigenvalue weighted by Gasteiger charge is -2.35. The number of carbonyl (C=O) groups is 2. The van der Waals surface area contributed by atoms with Crippen LogP contribution in [0.1, 0.15) is 42.7 Å². The average molecular weight is 368 g/mol. The summed E-state index contributed by atoms with van der Waals surface area (Å²) in [5.41, 5.74) is 0.835. The summed E-state index contributed by atoms with van der Waals surface area (Å²) in [6.07, 6.45) is -0.519. The molecule has 6 heteroatoms. The summed E-state index contributed by atoms with van der Waals surface area (Å²) >= 11 is 0. The van der Waals surface area contributed by atoms with E-state index in [1.54, 1.807) is 43.9 Å². The molecule has 142 valence electrons. The van der Waals surface area contributed by atoms with Gasteiger partial charge in [0.25, 0.3) is 5.91 Å². The highest BCUT2D eigenvalue weighted by molar-refractivity contribution is 5.98. The fourth-order valence-corrected chi connectivity index (χ4v) is 2.93. The molecule has 1 aliphatic heterocycles. The smallest absolute Gasteiger partial charge is 0.407 e. The van der Waals surface area contributed by atoms with E-state index in [2.05, 4.69) is 5.32 Å². The van der Waals surface area contributed by atoms with E-state index >= 15 is 0 Å². The maximum Gasteiger partial charge on any atom is 0.407 e. The number of nitrogens with one attached hydrogen (secondary N) is 1. The Morgan fingerprint density at radius 3 is 2.52 bits per heavy atom. The number of fused-ring (bicyclic) bond motifs is 1. The standard InChI is InChI=1S/C21H24N2O4/c1-21(2,3)27-20(25)22-13-17(15-9-5-4-6-10-15)23-14-26-18-12-8-7-11-16(18)19(23)24/h4-12,17H,13-14H2,1-3H3,(H,22,25). The number of nitrogens with zero attached hydrogens (tertiary/aromatic N) is 1. The molecule has 0 aliphatic carbocycles. The van der Waals surface area contributed by atoms with Crippen molar-refractivity contribution in [2.75, 3.05) is 13.3 Å². The van der Waals surface area contributed by atoms with Crippen LogP contribution in [0.2, 0.25) is 0 Å². The van der Waals surface area contributed by atoms with Crippen LogP contribution in [-0.4, -0.2) is 35.8 Å². The molecule has 1 unspecified atom stereocenters. The van der Waals surface area contributed by atoms with Crippen molar-refractivity contribution in [2.45, 2.75) is 32.4 Å². The molecule has 1 atom stereocenters. The third-order valence-electron chi connectivity index (χ3n) is 4.14. The van der Waals surface area contributed by atoms with Crippen LogP contribution in [0.3, 0.4) is 0 Å². The van der Waals surface area contributed by atoms with Crippen molar-refractivity contribution in [1.29, 1.82) is 0 Å². The SMILES string of the molecule is CC(C)(C)OC(=O)NCC(c1ccccc1)N1COc2ccccc2C1=O. The van der Waals surface area contributed by atoms with Gasteiger partial charge in [-0.2, -0.15) is 0 Å². The molecule has 2 amide bonds. The van der Waals surface area contributed by atoms with Gasteiger partial charge in [-0.1, -0.05) is 42.5 Å². The molecular weight excluding hydrogens is 344 g/mol. The van der Waals surface area contributed by atoms with Crippen molar-refractivity contribution in [1.82, 2.24) is 10.2 Å². The first kappa shape index (κ1) is 18.8. The van der Waals surface area contributed by atoms with E-state index < -0.39 is 11.7 Å². The maximum absolute atomic E-state index is 13.0. The number of para-hydroxylation sites is 1. The molecule has 1 aliphatic rings. The van der Waals surface area contributed by atoms with Crippen LogP contribution in [0.15, 0.2) is 54.6 Å². The second kappa shape index (κ2) is 7.70. The van der Waals surface area contributed by atoms with Gasteiger partial charge in [0.15, 0.2) is 6.73 Å². The second-order valence-electron chi connectivity index (χ2n) is 7.35. The van der Waals surface area contributed by atoms with Crippen molar-refractivity contribution in [2.24, 2.45) is 0 Å². The van der Waals surface area contributed by atoms with Crippen LogP contribution in [0.4, 0.5) is 4.79 Å². The number of alkyl carbamates (subject to hydrolysis) is 1. The lowest BCUT2D eigenvalue weighted by atomic mass is 10.0. The second-order valence-corrected chi connectivity index (χ2v) is 7.35. The summed E-state index contributed by atoms with van der Waals surface area (Å²) in [6, 6.07) is 16.3. The Labute approximate surface area is 159 Å². The van der Waals surface area contributed by atoms with Crippen LogP contribution in [0, 0.1) is 0 Å². The molecule has 1 heterocycles. The van der Waals surface area contributed by atoms with Gasteiger partial charge in [-0.25, -0.2) is 4.79 Å². The van der Waals surface area contributed by atoms with Crippen LogP contribution < -0.4 is 10.1 Å². The van der Waals surface area contributed by atoms with Gasteiger partial charge in [-0.05, 0) is 38.5 Å². The predicted molar refractivity (Wildman–Crippen MR) is 102 cm³/mol. The maximum atomic E-state index is 13.0. The van der Waals surface area contributed by atoms with Crippen molar-refractivity contribution in [3.63, 3.8) is 0 Å². The van der Waals surface area contributed by atoms with Crippen molar-refractivity contribution < 1.29 is 19.1 Å². The monoisotopic (exact) mass is 368 g/mol. The van der Waals surface area contributed by atoms with E-state index in [1.807, 2.05) is 36.4 Å². The van der Waals surface area contributed by atoms with Crippen LogP contribution in [0.25, 0.3) is 0 Å². The van der Waals surface area contributed by atoms with Gasteiger partial charge in [0.1, 0.15) is 11.4 Å². The van der Waals surface area contributed by atoms with Gasteiger partial charge in [-0.3, -0.25) is 9.69 Å². The van der Waals surface area contributed by atoms with Gasteiger partial charge >= 0.3 is 6.09 Å². The van der Waals surface area contributed by atoms with Gasteiger partial charge in [0.2, 0.25) is 0 Å². The number of rotatable bonds is 4. The minimum atomic E-state index is -0.588. The summed E-state index contributed by atoms with van der Waals surface area (Å²) in [5, 5.41) is 2.77. The molecule has 0 saturated carbocycles. The molecule has 27 heavy (non-hydrogen) atoms. The lowest BCUT2D eigenvalue weighted by Crippen LogP contribution is -2.46.